The number of pyridine rings is 1. The Kier molecular flexibility index (Phi) is 4.50. The molecule has 6 heteroatoms. The molecule has 1 rings (SSSR count). The summed E-state index contributed by atoms with van der Waals surface area (Å²) in [5.74, 6) is 0. The first-order valence-corrected chi connectivity index (χ1v) is 6.24. The molecule has 1 heterocycles. The van der Waals surface area contributed by atoms with E-state index in [-0.39, 0.29) is 5.69 Å². The lowest BCUT2D eigenvalue weighted by Gasteiger charge is -2.07. The minimum absolute atomic E-state index is 0.157. The Morgan fingerprint density at radius 2 is 2.15 bits per heavy atom. The van der Waals surface area contributed by atoms with Crippen molar-refractivity contribution >= 4 is 54.5 Å². The second-order valence-corrected chi connectivity index (χ2v) is 4.75. The summed E-state index contributed by atoms with van der Waals surface area (Å²) >= 11 is 8.27. The van der Waals surface area contributed by atoms with E-state index >= 15 is 0 Å². The van der Waals surface area contributed by atoms with Crippen molar-refractivity contribution in [3.05, 3.63) is 25.5 Å². The zero-order valence-corrected chi connectivity index (χ0v) is 11.5. The van der Waals surface area contributed by atoms with E-state index in [0.29, 0.717) is 19.1 Å². The Labute approximate surface area is 105 Å². The highest BCUT2D eigenvalue weighted by Crippen LogP contribution is 2.29. The number of nitrogens with zero attached hydrogens (tertiary/aromatic N) is 1. The molecule has 1 aromatic heterocycles. The predicted octanol–water partition coefficient (Wildman–Crippen LogP) is 4.28. The van der Waals surface area contributed by atoms with Gasteiger partial charge in [0.15, 0.2) is 0 Å². The third-order valence-electron chi connectivity index (χ3n) is 1.41. The van der Waals surface area contributed by atoms with E-state index in [1.54, 1.807) is 6.07 Å². The molecule has 0 bridgehead atoms. The van der Waals surface area contributed by atoms with Gasteiger partial charge in [0.2, 0.25) is 0 Å². The lowest BCUT2D eigenvalue weighted by Crippen LogP contribution is -1.99. The third-order valence-corrected chi connectivity index (χ3v) is 3.23. The Morgan fingerprint density at radius 1 is 1.54 bits per heavy atom. The summed E-state index contributed by atoms with van der Waals surface area (Å²) in [7, 11) is 0. The SMILES string of the molecule is FC(F)c1nc(I)cc(Br)c1CBr. The molecule has 0 radical (unpaired) electrons. The topological polar surface area (TPSA) is 12.9 Å². The van der Waals surface area contributed by atoms with Gasteiger partial charge in [-0.1, -0.05) is 31.9 Å². The lowest BCUT2D eigenvalue weighted by atomic mass is 10.2. The van der Waals surface area contributed by atoms with Gasteiger partial charge in [-0.05, 0) is 28.7 Å². The van der Waals surface area contributed by atoms with Crippen LogP contribution in [0.25, 0.3) is 0 Å². The van der Waals surface area contributed by atoms with Crippen molar-refractivity contribution in [1.29, 1.82) is 0 Å². The van der Waals surface area contributed by atoms with Gasteiger partial charge < -0.3 is 0 Å². The lowest BCUT2D eigenvalue weighted by molar-refractivity contribution is 0.145. The van der Waals surface area contributed by atoms with Gasteiger partial charge in [0.25, 0.3) is 6.43 Å². The van der Waals surface area contributed by atoms with Gasteiger partial charge >= 0.3 is 0 Å². The van der Waals surface area contributed by atoms with E-state index in [2.05, 4.69) is 36.8 Å². The van der Waals surface area contributed by atoms with E-state index < -0.39 is 6.43 Å². The predicted molar refractivity (Wildman–Crippen MR) is 62.2 cm³/mol. The number of hydrogen-bond acceptors (Lipinski definition) is 1. The van der Waals surface area contributed by atoms with Gasteiger partial charge in [-0.2, -0.15) is 0 Å². The highest BCUT2D eigenvalue weighted by Gasteiger charge is 2.17. The van der Waals surface area contributed by atoms with Crippen LogP contribution in [-0.2, 0) is 5.33 Å². The van der Waals surface area contributed by atoms with Gasteiger partial charge in [0.1, 0.15) is 9.39 Å². The van der Waals surface area contributed by atoms with Crippen molar-refractivity contribution in [2.75, 3.05) is 0 Å². The van der Waals surface area contributed by atoms with Gasteiger partial charge in [-0.25, -0.2) is 13.8 Å². The molecule has 0 aromatic carbocycles. The van der Waals surface area contributed by atoms with Crippen LogP contribution in [0.4, 0.5) is 8.78 Å². The number of halogens is 5. The summed E-state index contributed by atoms with van der Waals surface area (Å²) in [6, 6.07) is 1.71. The minimum atomic E-state index is -2.53. The monoisotopic (exact) mass is 425 g/mol. The van der Waals surface area contributed by atoms with Crippen molar-refractivity contribution in [2.24, 2.45) is 0 Å². The van der Waals surface area contributed by atoms with Crippen LogP contribution in [-0.4, -0.2) is 4.98 Å². The molecule has 13 heavy (non-hydrogen) atoms. The molecule has 1 nitrogen and oxygen atoms in total. The molecule has 0 saturated heterocycles. The van der Waals surface area contributed by atoms with Crippen LogP contribution >= 0.6 is 54.5 Å². The van der Waals surface area contributed by atoms with Crippen molar-refractivity contribution in [2.45, 2.75) is 11.8 Å². The standard InChI is InChI=1S/C7H4Br2F2IN/c8-2-3-4(9)1-5(12)13-6(3)7(10)11/h1,7H,2H2. The summed E-state index contributed by atoms with van der Waals surface area (Å²) in [5, 5.41) is 0.372. The van der Waals surface area contributed by atoms with Crippen molar-refractivity contribution in [1.82, 2.24) is 4.98 Å². The molecule has 0 N–H and O–H groups in total. The van der Waals surface area contributed by atoms with E-state index in [9.17, 15) is 8.78 Å². The van der Waals surface area contributed by atoms with E-state index in [0.717, 1.165) is 0 Å². The summed E-state index contributed by atoms with van der Waals surface area (Å²) in [6.07, 6.45) is -2.53. The van der Waals surface area contributed by atoms with Crippen molar-refractivity contribution < 1.29 is 8.78 Å². The first kappa shape index (κ1) is 11.8. The number of aromatic nitrogens is 1. The summed E-state index contributed by atoms with van der Waals surface area (Å²) in [4.78, 5) is 3.78. The Morgan fingerprint density at radius 3 is 2.62 bits per heavy atom. The third kappa shape index (κ3) is 2.82. The largest absolute Gasteiger partial charge is 0.280 e. The molecular weight excluding hydrogens is 423 g/mol. The van der Waals surface area contributed by atoms with Crippen LogP contribution in [0.2, 0.25) is 0 Å². The van der Waals surface area contributed by atoms with Crippen LogP contribution in [0.5, 0.6) is 0 Å². The molecule has 0 fully saturated rings. The maximum atomic E-state index is 12.5. The van der Waals surface area contributed by atoms with Crippen LogP contribution in [0.3, 0.4) is 0 Å². The maximum Gasteiger partial charge on any atom is 0.280 e. The number of hydrogen-bond donors (Lipinski definition) is 0. The highest BCUT2D eigenvalue weighted by atomic mass is 127. The fourth-order valence-electron chi connectivity index (χ4n) is 0.842. The van der Waals surface area contributed by atoms with E-state index in [1.807, 2.05) is 22.6 Å². The second-order valence-electron chi connectivity index (χ2n) is 2.22. The molecule has 0 aliphatic rings. The van der Waals surface area contributed by atoms with E-state index in [4.69, 9.17) is 0 Å². The smallest absolute Gasteiger partial charge is 0.240 e. The van der Waals surface area contributed by atoms with E-state index in [1.165, 1.54) is 0 Å². The number of alkyl halides is 3. The summed E-state index contributed by atoms with van der Waals surface area (Å²) < 4.78 is 26.2. The van der Waals surface area contributed by atoms with Gasteiger partial charge in [-0.3, -0.25) is 0 Å². The average Bonchev–Trinajstić information content (AvgIpc) is 2.02. The highest BCUT2D eigenvalue weighted by molar-refractivity contribution is 14.1. The maximum absolute atomic E-state index is 12.5. The fourth-order valence-corrected chi connectivity index (χ4v) is 3.37. The molecule has 0 spiro atoms. The molecule has 0 amide bonds. The fraction of sp³-hybridized carbons (Fsp3) is 0.286. The number of rotatable bonds is 2. The Hall–Kier alpha value is 0.700. The van der Waals surface area contributed by atoms with Crippen LogP contribution in [0.1, 0.15) is 17.7 Å². The second kappa shape index (κ2) is 4.97. The van der Waals surface area contributed by atoms with Crippen LogP contribution in [0, 0.1) is 3.70 Å². The molecule has 0 atom stereocenters. The first-order chi connectivity index (χ1) is 6.06. The molecule has 0 aliphatic carbocycles. The first-order valence-electron chi connectivity index (χ1n) is 3.25. The zero-order chi connectivity index (χ0) is 10.0. The molecular formula is C7H4Br2F2IN. The van der Waals surface area contributed by atoms with Gasteiger partial charge in [0.05, 0.1) is 0 Å². The zero-order valence-electron chi connectivity index (χ0n) is 6.20. The van der Waals surface area contributed by atoms with Crippen LogP contribution < -0.4 is 0 Å². The summed E-state index contributed by atoms with van der Waals surface area (Å²) in [6.45, 7) is 0. The Balaban J connectivity index is 3.29. The molecule has 0 unspecified atom stereocenters. The van der Waals surface area contributed by atoms with Crippen molar-refractivity contribution in [3.8, 4) is 0 Å². The minimum Gasteiger partial charge on any atom is -0.240 e. The molecule has 0 aliphatic heterocycles. The van der Waals surface area contributed by atoms with Gasteiger partial charge in [0, 0.05) is 15.4 Å². The molecule has 0 saturated carbocycles. The Bertz CT molecular complexity index is 320. The molecule has 72 valence electrons. The normalized spacial score (nSPS) is 10.9. The van der Waals surface area contributed by atoms with Crippen molar-refractivity contribution in [3.63, 3.8) is 0 Å². The van der Waals surface area contributed by atoms with Gasteiger partial charge in [-0.15, -0.1) is 0 Å². The van der Waals surface area contributed by atoms with Crippen LogP contribution in [0.15, 0.2) is 10.5 Å². The molecule has 1 aromatic rings. The quantitative estimate of drug-likeness (QED) is 0.391. The average molecular weight is 427 g/mol. The summed E-state index contributed by atoms with van der Waals surface area (Å²) in [5.41, 5.74) is 0.353.